The minimum absolute atomic E-state index is 0.0418. The van der Waals surface area contributed by atoms with Crippen LogP contribution in [-0.2, 0) is 0 Å². The number of benzene rings is 2. The second-order valence-electron chi connectivity index (χ2n) is 8.08. The Labute approximate surface area is 187 Å². The largest absolute Gasteiger partial charge is 0.507 e. The highest BCUT2D eigenvalue weighted by molar-refractivity contribution is 5.90. The van der Waals surface area contributed by atoms with Crippen LogP contribution < -0.4 is 16.4 Å². The van der Waals surface area contributed by atoms with Gasteiger partial charge < -0.3 is 20.2 Å². The fraction of sp³-hybridized carbons (Fsp3) is 0.208. The van der Waals surface area contributed by atoms with Crippen molar-refractivity contribution in [1.82, 2.24) is 9.97 Å². The van der Waals surface area contributed by atoms with Gasteiger partial charge in [0.25, 0.3) is 0 Å². The summed E-state index contributed by atoms with van der Waals surface area (Å²) in [5.74, 6) is -0.746. The second-order valence-corrected chi connectivity index (χ2v) is 8.08. The van der Waals surface area contributed by atoms with Crippen molar-refractivity contribution < 1.29 is 13.9 Å². The number of H-pyrrole nitrogens is 1. The third-order valence-electron chi connectivity index (χ3n) is 5.92. The van der Waals surface area contributed by atoms with Crippen molar-refractivity contribution in [3.05, 3.63) is 64.4 Å². The van der Waals surface area contributed by atoms with Gasteiger partial charge >= 0.3 is 5.76 Å². The lowest BCUT2D eigenvalue weighted by molar-refractivity contribution is 0.473. The molecule has 166 valence electrons. The van der Waals surface area contributed by atoms with E-state index in [1.54, 1.807) is 30.3 Å². The van der Waals surface area contributed by atoms with Crippen molar-refractivity contribution in [2.45, 2.75) is 18.9 Å². The van der Waals surface area contributed by atoms with E-state index in [4.69, 9.17) is 20.4 Å². The summed E-state index contributed by atoms with van der Waals surface area (Å²) in [5, 5.41) is 20.2. The molecular weight excluding hydrogens is 425 g/mol. The average Bonchev–Trinajstić information content (AvgIpc) is 3.18. The molecule has 1 aliphatic rings. The highest BCUT2D eigenvalue weighted by Crippen LogP contribution is 2.41. The number of hydrogen-bond donors (Lipinski definition) is 3. The van der Waals surface area contributed by atoms with Gasteiger partial charge in [-0.25, -0.2) is 14.2 Å². The molecule has 5 rings (SSSR count). The van der Waals surface area contributed by atoms with E-state index in [-0.39, 0.29) is 17.4 Å². The topological polar surface area (TPSA) is 132 Å². The van der Waals surface area contributed by atoms with E-state index in [0.717, 1.165) is 12.8 Å². The van der Waals surface area contributed by atoms with Gasteiger partial charge in [0.15, 0.2) is 5.58 Å². The molecule has 8 nitrogen and oxygen atoms in total. The Bertz CT molecular complexity index is 1460. The number of aromatic hydroxyl groups is 1. The number of halogens is 1. The molecule has 4 N–H and O–H groups in total. The van der Waals surface area contributed by atoms with Gasteiger partial charge in [0.05, 0.1) is 22.3 Å². The fourth-order valence-corrected chi connectivity index (χ4v) is 4.16. The van der Waals surface area contributed by atoms with Crippen molar-refractivity contribution in [2.75, 3.05) is 18.0 Å². The fourth-order valence-electron chi connectivity index (χ4n) is 4.16. The van der Waals surface area contributed by atoms with E-state index < -0.39 is 11.6 Å². The summed E-state index contributed by atoms with van der Waals surface area (Å²) in [4.78, 5) is 21.0. The van der Waals surface area contributed by atoms with Crippen LogP contribution in [0.3, 0.4) is 0 Å². The maximum atomic E-state index is 14.5. The lowest BCUT2D eigenvalue weighted by Gasteiger charge is -2.31. The summed E-state index contributed by atoms with van der Waals surface area (Å²) in [7, 11) is 0. The van der Waals surface area contributed by atoms with Crippen LogP contribution in [0.5, 0.6) is 5.75 Å². The molecule has 3 heterocycles. The van der Waals surface area contributed by atoms with Crippen molar-refractivity contribution in [3.63, 3.8) is 0 Å². The molecule has 0 amide bonds. The van der Waals surface area contributed by atoms with Crippen LogP contribution in [0, 0.1) is 17.1 Å². The third-order valence-corrected chi connectivity index (χ3v) is 5.92. The summed E-state index contributed by atoms with van der Waals surface area (Å²) < 4.78 is 19.6. The Morgan fingerprint density at radius 3 is 2.67 bits per heavy atom. The Hall–Kier alpha value is -4.16. The molecule has 1 saturated heterocycles. The van der Waals surface area contributed by atoms with Crippen LogP contribution in [0.2, 0.25) is 0 Å². The second kappa shape index (κ2) is 8.07. The highest BCUT2D eigenvalue weighted by atomic mass is 19.1. The lowest BCUT2D eigenvalue weighted by atomic mass is 9.97. The molecular formula is C24H20FN5O3. The number of rotatable bonds is 3. The number of fused-ring (bicyclic) bond motifs is 1. The SMILES string of the molecule is N#Cc1ccc(-c2nc(N3CCC(N)CC3)cc(O)c2-c2ccc3oc(=O)[nH]c3c2)cc1F. The van der Waals surface area contributed by atoms with Crippen molar-refractivity contribution in [3.8, 4) is 34.2 Å². The number of hydrogen-bond acceptors (Lipinski definition) is 7. The Morgan fingerprint density at radius 1 is 1.18 bits per heavy atom. The number of nitrogens with one attached hydrogen (secondary N) is 1. The zero-order chi connectivity index (χ0) is 23.1. The van der Waals surface area contributed by atoms with Gasteiger partial charge in [-0.3, -0.25) is 4.98 Å². The zero-order valence-electron chi connectivity index (χ0n) is 17.5. The van der Waals surface area contributed by atoms with Gasteiger partial charge in [-0.15, -0.1) is 0 Å². The van der Waals surface area contributed by atoms with Crippen LogP contribution in [0.15, 0.2) is 51.7 Å². The van der Waals surface area contributed by atoms with Crippen molar-refractivity contribution in [2.24, 2.45) is 5.73 Å². The van der Waals surface area contributed by atoms with Crippen molar-refractivity contribution >= 4 is 16.9 Å². The third kappa shape index (κ3) is 3.81. The molecule has 0 aliphatic carbocycles. The maximum absolute atomic E-state index is 14.5. The predicted octanol–water partition coefficient (Wildman–Crippen LogP) is 3.49. The number of nitriles is 1. The van der Waals surface area contributed by atoms with Gasteiger partial charge in [-0.2, -0.15) is 5.26 Å². The lowest BCUT2D eigenvalue weighted by Crippen LogP contribution is -2.40. The normalized spacial score (nSPS) is 14.5. The summed E-state index contributed by atoms with van der Waals surface area (Å²) in [5.41, 5.74) is 8.49. The first-order valence-electron chi connectivity index (χ1n) is 10.5. The maximum Gasteiger partial charge on any atom is 0.417 e. The predicted molar refractivity (Wildman–Crippen MR) is 121 cm³/mol. The first kappa shape index (κ1) is 20.7. The van der Waals surface area contributed by atoms with Gasteiger partial charge in [0.1, 0.15) is 23.5 Å². The van der Waals surface area contributed by atoms with E-state index in [0.29, 0.717) is 52.4 Å². The summed E-state index contributed by atoms with van der Waals surface area (Å²) in [6, 6.07) is 12.7. The summed E-state index contributed by atoms with van der Waals surface area (Å²) in [6.45, 7) is 1.38. The highest BCUT2D eigenvalue weighted by Gasteiger charge is 2.23. The quantitative estimate of drug-likeness (QED) is 0.440. The van der Waals surface area contributed by atoms with Gasteiger partial charge in [-0.05, 0) is 42.7 Å². The molecule has 33 heavy (non-hydrogen) atoms. The number of nitrogens with two attached hydrogens (primary N) is 1. The first-order valence-corrected chi connectivity index (χ1v) is 10.5. The molecule has 2 aromatic carbocycles. The van der Waals surface area contributed by atoms with Gasteiger partial charge in [0.2, 0.25) is 0 Å². The molecule has 1 aliphatic heterocycles. The number of aromatic nitrogens is 2. The van der Waals surface area contributed by atoms with Crippen LogP contribution in [0.25, 0.3) is 33.5 Å². The summed E-state index contributed by atoms with van der Waals surface area (Å²) in [6.07, 6.45) is 1.60. The Kier molecular flexibility index (Phi) is 5.07. The first-order chi connectivity index (χ1) is 15.9. The Balaban J connectivity index is 1.70. The molecule has 9 heteroatoms. The van der Waals surface area contributed by atoms with E-state index in [2.05, 4.69) is 4.98 Å². The zero-order valence-corrected chi connectivity index (χ0v) is 17.5. The van der Waals surface area contributed by atoms with E-state index in [1.165, 1.54) is 12.1 Å². The molecule has 0 unspecified atom stereocenters. The number of oxazole rings is 1. The minimum atomic E-state index is -0.675. The van der Waals surface area contributed by atoms with E-state index >= 15 is 0 Å². The number of piperidine rings is 1. The standard InChI is InChI=1S/C24H20FN5O3/c25-17-9-14(1-2-15(17)12-26)23-22(13-3-4-20-18(10-13)28-24(32)33-20)19(31)11-21(29-23)30-7-5-16(27)6-8-30/h1-4,9-11,16H,5-8,27H2,(H,28,32)(H,29,31). The molecule has 4 aromatic rings. The average molecular weight is 445 g/mol. The molecule has 0 radical (unpaired) electrons. The number of pyridine rings is 1. The number of nitrogens with zero attached hydrogens (tertiary/aromatic N) is 3. The van der Waals surface area contributed by atoms with Crippen molar-refractivity contribution in [1.29, 1.82) is 5.26 Å². The van der Waals surface area contributed by atoms with E-state index in [1.807, 2.05) is 11.0 Å². The molecule has 1 fully saturated rings. The van der Waals surface area contributed by atoms with Crippen LogP contribution in [0.1, 0.15) is 18.4 Å². The summed E-state index contributed by atoms with van der Waals surface area (Å²) >= 11 is 0. The van der Waals surface area contributed by atoms with Crippen LogP contribution in [0.4, 0.5) is 10.2 Å². The molecule has 0 saturated carbocycles. The Morgan fingerprint density at radius 2 is 1.94 bits per heavy atom. The monoisotopic (exact) mass is 445 g/mol. The molecule has 0 bridgehead atoms. The van der Waals surface area contributed by atoms with Crippen LogP contribution in [-0.4, -0.2) is 34.2 Å². The molecule has 2 aromatic heterocycles. The number of anilines is 1. The smallest absolute Gasteiger partial charge is 0.417 e. The molecule has 0 atom stereocenters. The number of aromatic amines is 1. The van der Waals surface area contributed by atoms with Gasteiger partial charge in [0, 0.05) is 30.8 Å². The van der Waals surface area contributed by atoms with Gasteiger partial charge in [-0.1, -0.05) is 12.1 Å². The minimum Gasteiger partial charge on any atom is -0.507 e. The van der Waals surface area contributed by atoms with Crippen LogP contribution >= 0.6 is 0 Å². The molecule has 0 spiro atoms. The van der Waals surface area contributed by atoms with E-state index in [9.17, 15) is 14.3 Å².